The maximum atomic E-state index is 12.8. The highest BCUT2D eigenvalue weighted by Crippen LogP contribution is 2.16. The molecule has 25 heavy (non-hydrogen) atoms. The third-order valence-electron chi connectivity index (χ3n) is 3.57. The van der Waals surface area contributed by atoms with Crippen molar-refractivity contribution >= 4 is 11.9 Å². The van der Waals surface area contributed by atoms with Crippen molar-refractivity contribution in [3.63, 3.8) is 0 Å². The van der Waals surface area contributed by atoms with Gasteiger partial charge in [-0.2, -0.15) is 0 Å². The van der Waals surface area contributed by atoms with Crippen molar-refractivity contribution in [1.29, 1.82) is 0 Å². The molecule has 0 spiro atoms. The van der Waals surface area contributed by atoms with Crippen LogP contribution in [0.4, 0.5) is 4.39 Å². The van der Waals surface area contributed by atoms with Crippen LogP contribution in [0.15, 0.2) is 40.8 Å². The zero-order valence-corrected chi connectivity index (χ0v) is 14.3. The molecule has 0 saturated carbocycles. The molecule has 0 N–H and O–H groups in total. The van der Waals surface area contributed by atoms with Gasteiger partial charge in [0.25, 0.3) is 5.91 Å². The number of hydrogen-bond acceptors (Lipinski definition) is 5. The summed E-state index contributed by atoms with van der Waals surface area (Å²) < 4.78 is 28.4. The Kier molecular flexibility index (Phi) is 6.16. The third kappa shape index (κ3) is 5.07. The lowest BCUT2D eigenvalue weighted by Crippen LogP contribution is -2.34. The van der Waals surface area contributed by atoms with Gasteiger partial charge in [-0.1, -0.05) is 6.92 Å². The van der Waals surface area contributed by atoms with Gasteiger partial charge in [0, 0.05) is 13.6 Å². The van der Waals surface area contributed by atoms with Crippen LogP contribution < -0.4 is 4.74 Å². The number of ether oxygens (including phenoxy) is 2. The summed E-state index contributed by atoms with van der Waals surface area (Å²) in [6.07, 6.45) is 0. The van der Waals surface area contributed by atoms with E-state index in [0.29, 0.717) is 11.5 Å². The second-order valence-electron chi connectivity index (χ2n) is 5.62. The van der Waals surface area contributed by atoms with Crippen LogP contribution in [0.1, 0.15) is 23.2 Å². The third-order valence-corrected chi connectivity index (χ3v) is 3.57. The largest absolute Gasteiger partial charge is 0.486 e. The number of carbonyl (C=O) groups excluding carboxylic acids is 2. The van der Waals surface area contributed by atoms with Gasteiger partial charge in [0.1, 0.15) is 23.9 Å². The number of methoxy groups -OCH3 is 1. The average molecular weight is 349 g/mol. The zero-order chi connectivity index (χ0) is 18.4. The fourth-order valence-electron chi connectivity index (χ4n) is 2.21. The smallest absolute Gasteiger partial charge is 0.310 e. The Morgan fingerprint density at radius 1 is 1.20 bits per heavy atom. The molecule has 0 aliphatic heterocycles. The quantitative estimate of drug-likeness (QED) is 0.719. The van der Waals surface area contributed by atoms with E-state index in [1.807, 2.05) is 0 Å². The van der Waals surface area contributed by atoms with E-state index in [0.717, 1.165) is 0 Å². The number of furan rings is 1. The minimum Gasteiger partial charge on any atom is -0.486 e. The van der Waals surface area contributed by atoms with Crippen molar-refractivity contribution < 1.29 is 27.9 Å². The van der Waals surface area contributed by atoms with Gasteiger partial charge in [-0.05, 0) is 36.4 Å². The van der Waals surface area contributed by atoms with Crippen LogP contribution in [0, 0.1) is 11.7 Å². The normalized spacial score (nSPS) is 11.7. The van der Waals surface area contributed by atoms with E-state index in [2.05, 4.69) is 4.74 Å². The molecule has 0 aliphatic carbocycles. The maximum absolute atomic E-state index is 12.8. The van der Waals surface area contributed by atoms with Crippen LogP contribution in [-0.2, 0) is 16.1 Å². The summed E-state index contributed by atoms with van der Waals surface area (Å²) in [5, 5.41) is 0. The number of carbonyl (C=O) groups is 2. The van der Waals surface area contributed by atoms with E-state index in [-0.39, 0.29) is 36.6 Å². The van der Waals surface area contributed by atoms with E-state index >= 15 is 0 Å². The Labute approximate surface area is 145 Å². The number of rotatable bonds is 7. The highest BCUT2D eigenvalue weighted by Gasteiger charge is 2.21. The van der Waals surface area contributed by atoms with Gasteiger partial charge in [0.15, 0.2) is 5.76 Å². The summed E-state index contributed by atoms with van der Waals surface area (Å²) in [5.41, 5.74) is 0. The first-order chi connectivity index (χ1) is 11.9. The lowest BCUT2D eigenvalue weighted by molar-refractivity contribution is -0.145. The predicted molar refractivity (Wildman–Crippen MR) is 87.6 cm³/mol. The van der Waals surface area contributed by atoms with Crippen molar-refractivity contribution in [2.24, 2.45) is 5.92 Å². The Hall–Kier alpha value is -2.83. The highest BCUT2D eigenvalue weighted by atomic mass is 19.1. The minimum atomic E-state index is -0.435. The molecule has 2 rings (SSSR count). The molecule has 0 aliphatic rings. The standard InChI is InChI=1S/C18H20FNO5/c1-12(18(22)23-3)10-20(2)17(21)16-9-8-15(25-16)11-24-14-6-4-13(19)5-7-14/h4-9,12H,10-11H2,1-3H3. The summed E-state index contributed by atoms with van der Waals surface area (Å²) in [4.78, 5) is 25.1. The summed E-state index contributed by atoms with van der Waals surface area (Å²) in [5.74, 6) is -0.400. The van der Waals surface area contributed by atoms with Gasteiger partial charge < -0.3 is 18.8 Å². The van der Waals surface area contributed by atoms with E-state index < -0.39 is 5.92 Å². The zero-order valence-electron chi connectivity index (χ0n) is 14.3. The summed E-state index contributed by atoms with van der Waals surface area (Å²) in [7, 11) is 2.89. The lowest BCUT2D eigenvalue weighted by Gasteiger charge is -2.19. The monoisotopic (exact) mass is 349 g/mol. The first-order valence-electron chi connectivity index (χ1n) is 7.71. The van der Waals surface area contributed by atoms with Crippen LogP contribution in [0.5, 0.6) is 5.75 Å². The molecular formula is C18H20FNO5. The molecule has 0 radical (unpaired) electrons. The van der Waals surface area contributed by atoms with Crippen LogP contribution in [0.25, 0.3) is 0 Å². The van der Waals surface area contributed by atoms with Gasteiger partial charge in [-0.15, -0.1) is 0 Å². The van der Waals surface area contributed by atoms with Gasteiger partial charge >= 0.3 is 5.97 Å². The second-order valence-corrected chi connectivity index (χ2v) is 5.62. The molecule has 2 aromatic rings. The predicted octanol–water partition coefficient (Wildman–Crippen LogP) is 2.88. The van der Waals surface area contributed by atoms with E-state index in [4.69, 9.17) is 9.15 Å². The van der Waals surface area contributed by atoms with Crippen LogP contribution >= 0.6 is 0 Å². The molecule has 1 heterocycles. The van der Waals surface area contributed by atoms with Crippen molar-refractivity contribution in [2.75, 3.05) is 20.7 Å². The molecule has 1 atom stereocenters. The van der Waals surface area contributed by atoms with E-state index in [1.54, 1.807) is 26.1 Å². The first-order valence-corrected chi connectivity index (χ1v) is 7.71. The molecule has 1 amide bonds. The minimum absolute atomic E-state index is 0.112. The number of benzene rings is 1. The van der Waals surface area contributed by atoms with Crippen molar-refractivity contribution in [2.45, 2.75) is 13.5 Å². The Bertz CT molecular complexity index is 725. The van der Waals surface area contributed by atoms with Crippen molar-refractivity contribution in [3.05, 3.63) is 53.7 Å². The summed E-state index contributed by atoms with van der Waals surface area (Å²) >= 11 is 0. The highest BCUT2D eigenvalue weighted by molar-refractivity contribution is 5.91. The first kappa shape index (κ1) is 18.5. The summed E-state index contributed by atoms with van der Waals surface area (Å²) in [6.45, 7) is 2.01. The van der Waals surface area contributed by atoms with E-state index in [1.165, 1.54) is 36.3 Å². The SMILES string of the molecule is COC(=O)C(C)CN(C)C(=O)c1ccc(COc2ccc(F)cc2)o1. The number of amides is 1. The number of hydrogen-bond donors (Lipinski definition) is 0. The molecule has 0 fully saturated rings. The molecule has 1 aromatic carbocycles. The number of nitrogens with zero attached hydrogens (tertiary/aromatic N) is 1. The lowest BCUT2D eigenvalue weighted by atomic mass is 10.1. The van der Waals surface area contributed by atoms with Gasteiger partial charge in [-0.3, -0.25) is 9.59 Å². The molecule has 6 nitrogen and oxygen atoms in total. The van der Waals surface area contributed by atoms with Gasteiger partial charge in [0.05, 0.1) is 13.0 Å². The number of halogens is 1. The fraction of sp³-hybridized carbons (Fsp3) is 0.333. The molecular weight excluding hydrogens is 329 g/mol. The molecule has 134 valence electrons. The molecule has 1 aromatic heterocycles. The maximum Gasteiger partial charge on any atom is 0.310 e. The Morgan fingerprint density at radius 2 is 1.88 bits per heavy atom. The molecule has 1 unspecified atom stereocenters. The molecule has 0 saturated heterocycles. The number of esters is 1. The van der Waals surface area contributed by atoms with Crippen LogP contribution in [0.3, 0.4) is 0 Å². The average Bonchev–Trinajstić information content (AvgIpc) is 3.08. The van der Waals surface area contributed by atoms with E-state index in [9.17, 15) is 14.0 Å². The summed E-state index contributed by atoms with van der Waals surface area (Å²) in [6, 6.07) is 8.78. The Balaban J connectivity index is 1.91. The van der Waals surface area contributed by atoms with Crippen molar-refractivity contribution in [3.8, 4) is 5.75 Å². The second kappa shape index (κ2) is 8.32. The van der Waals surface area contributed by atoms with Crippen LogP contribution in [0.2, 0.25) is 0 Å². The molecule has 0 bridgehead atoms. The van der Waals surface area contributed by atoms with Gasteiger partial charge in [-0.25, -0.2) is 4.39 Å². The van der Waals surface area contributed by atoms with Gasteiger partial charge in [0.2, 0.25) is 0 Å². The van der Waals surface area contributed by atoms with Crippen molar-refractivity contribution in [1.82, 2.24) is 4.90 Å². The Morgan fingerprint density at radius 3 is 2.52 bits per heavy atom. The fourth-order valence-corrected chi connectivity index (χ4v) is 2.21. The topological polar surface area (TPSA) is 69.0 Å². The molecule has 7 heteroatoms. The van der Waals surface area contributed by atoms with Crippen LogP contribution in [-0.4, -0.2) is 37.5 Å².